The molecule has 1 saturated heterocycles. The Kier molecular flexibility index (Phi) is 4.48. The van der Waals surface area contributed by atoms with Crippen molar-refractivity contribution < 1.29 is 9.53 Å². The van der Waals surface area contributed by atoms with E-state index >= 15 is 0 Å². The van der Waals surface area contributed by atoms with Crippen molar-refractivity contribution in [1.82, 2.24) is 4.90 Å². The Balaban J connectivity index is 1.46. The minimum absolute atomic E-state index is 0.0415. The third-order valence-corrected chi connectivity index (χ3v) is 6.53. The van der Waals surface area contributed by atoms with Crippen LogP contribution in [0.4, 0.5) is 5.69 Å². The Bertz CT molecular complexity index is 645. The molecule has 4 rings (SSSR count). The lowest BCUT2D eigenvalue weighted by molar-refractivity contribution is -0.116. The number of rotatable bonds is 3. The van der Waals surface area contributed by atoms with Gasteiger partial charge in [0.05, 0.1) is 0 Å². The third kappa shape index (κ3) is 3.17. The number of amides is 1. The summed E-state index contributed by atoms with van der Waals surface area (Å²) in [7, 11) is 0. The smallest absolute Gasteiger partial charge is 0.223 e. The fraction of sp³-hybridized carbons (Fsp3) is 0.667. The van der Waals surface area contributed by atoms with Crippen molar-refractivity contribution >= 4 is 11.6 Å². The molecule has 2 fully saturated rings. The first-order chi connectivity index (χ1) is 12.1. The molecular weight excluding hydrogens is 312 g/mol. The Morgan fingerprint density at radius 2 is 2.04 bits per heavy atom. The molecule has 4 nitrogen and oxygen atoms in total. The molecule has 1 aromatic carbocycles. The van der Waals surface area contributed by atoms with Crippen molar-refractivity contribution in [2.75, 3.05) is 24.5 Å². The summed E-state index contributed by atoms with van der Waals surface area (Å²) in [4.78, 5) is 16.3. The summed E-state index contributed by atoms with van der Waals surface area (Å²) in [5.41, 5.74) is 2.29. The minimum atomic E-state index is 0.0415. The molecule has 1 aromatic rings. The molecule has 136 valence electrons. The zero-order valence-electron chi connectivity index (χ0n) is 15.6. The molecule has 0 unspecified atom stereocenters. The highest BCUT2D eigenvalue weighted by Crippen LogP contribution is 2.41. The second-order valence-electron chi connectivity index (χ2n) is 7.96. The Morgan fingerprint density at radius 3 is 2.64 bits per heavy atom. The van der Waals surface area contributed by atoms with Gasteiger partial charge in [-0.15, -0.1) is 0 Å². The van der Waals surface area contributed by atoms with E-state index in [4.69, 9.17) is 4.74 Å². The van der Waals surface area contributed by atoms with Crippen LogP contribution in [0.2, 0.25) is 0 Å². The van der Waals surface area contributed by atoms with Gasteiger partial charge in [-0.05, 0) is 69.2 Å². The molecule has 0 aromatic heterocycles. The Hall–Kier alpha value is -1.55. The number of nitrogens with zero attached hydrogens (tertiary/aromatic N) is 2. The van der Waals surface area contributed by atoms with Crippen LogP contribution in [0.1, 0.15) is 57.9 Å². The lowest BCUT2D eigenvalue weighted by atomic mass is 9.81. The highest BCUT2D eigenvalue weighted by Gasteiger charge is 2.41. The highest BCUT2D eigenvalue weighted by atomic mass is 16.5. The lowest BCUT2D eigenvalue weighted by Gasteiger charge is -2.48. The highest BCUT2D eigenvalue weighted by molar-refractivity contribution is 5.91. The molecular formula is C21H30N2O2. The second kappa shape index (κ2) is 6.64. The summed E-state index contributed by atoms with van der Waals surface area (Å²) in [6.45, 7) is 6.72. The molecule has 0 radical (unpaired) electrons. The summed E-state index contributed by atoms with van der Waals surface area (Å²) in [6, 6.07) is 7.11. The van der Waals surface area contributed by atoms with Crippen molar-refractivity contribution in [1.29, 1.82) is 0 Å². The molecule has 0 N–H and O–H groups in total. The van der Waals surface area contributed by atoms with Gasteiger partial charge in [0.2, 0.25) is 5.91 Å². The Labute approximate surface area is 151 Å². The summed E-state index contributed by atoms with van der Waals surface area (Å²) in [6.07, 6.45) is 8.66. The van der Waals surface area contributed by atoms with Crippen LogP contribution in [0.3, 0.4) is 0 Å². The van der Waals surface area contributed by atoms with Gasteiger partial charge in [-0.25, -0.2) is 0 Å². The number of fused-ring (bicyclic) bond motifs is 1. The van der Waals surface area contributed by atoms with Gasteiger partial charge in [-0.1, -0.05) is 6.42 Å². The van der Waals surface area contributed by atoms with Crippen LogP contribution in [0, 0.1) is 0 Å². The molecule has 3 aliphatic rings. The topological polar surface area (TPSA) is 32.8 Å². The van der Waals surface area contributed by atoms with Gasteiger partial charge in [-0.3, -0.25) is 4.79 Å². The van der Waals surface area contributed by atoms with Crippen LogP contribution in [0.5, 0.6) is 5.75 Å². The second-order valence-corrected chi connectivity index (χ2v) is 7.96. The average Bonchev–Trinajstić information content (AvgIpc) is 2.56. The molecule has 2 aliphatic heterocycles. The third-order valence-electron chi connectivity index (χ3n) is 6.53. The van der Waals surface area contributed by atoms with Crippen molar-refractivity contribution in [3.05, 3.63) is 23.8 Å². The summed E-state index contributed by atoms with van der Waals surface area (Å²) >= 11 is 0. The van der Waals surface area contributed by atoms with E-state index in [0.29, 0.717) is 6.54 Å². The van der Waals surface area contributed by atoms with Crippen LogP contribution in [-0.4, -0.2) is 42.1 Å². The number of carbonyl (C=O) groups excluding carboxylic acids is 1. The molecule has 1 amide bonds. The number of hydrogen-bond acceptors (Lipinski definition) is 3. The van der Waals surface area contributed by atoms with E-state index in [1.807, 2.05) is 17.9 Å². The number of hydrogen-bond donors (Lipinski definition) is 0. The molecule has 0 atom stereocenters. The van der Waals surface area contributed by atoms with E-state index in [0.717, 1.165) is 43.2 Å². The lowest BCUT2D eigenvalue weighted by Crippen LogP contribution is -2.53. The van der Waals surface area contributed by atoms with Gasteiger partial charge in [-0.2, -0.15) is 0 Å². The zero-order valence-corrected chi connectivity index (χ0v) is 15.6. The standard InChI is InChI=1S/C21H30N2O2/c1-3-23(16(2)24)19-7-8-20-17(15-19)9-10-21(25-20)11-13-22(14-12-21)18-5-4-6-18/h7-8,15,18H,3-6,9-14H2,1-2H3. The SMILES string of the molecule is CCN(C(C)=O)c1ccc2c(c1)CCC1(CCN(C3CCC3)CC1)O2. The predicted octanol–water partition coefficient (Wildman–Crippen LogP) is 3.77. The first kappa shape index (κ1) is 16.9. The van der Waals surface area contributed by atoms with Crippen LogP contribution in [0.15, 0.2) is 18.2 Å². The van der Waals surface area contributed by atoms with E-state index in [1.54, 1.807) is 6.92 Å². The number of likely N-dealkylation sites (tertiary alicyclic amines) is 1. The molecule has 1 aliphatic carbocycles. The van der Waals surface area contributed by atoms with Gasteiger partial charge in [0.25, 0.3) is 0 Å². The fourth-order valence-electron chi connectivity index (χ4n) is 4.66. The molecule has 4 heteroatoms. The van der Waals surface area contributed by atoms with Crippen LogP contribution >= 0.6 is 0 Å². The molecule has 2 heterocycles. The number of aryl methyl sites for hydroxylation is 1. The van der Waals surface area contributed by atoms with E-state index in [1.165, 1.54) is 37.9 Å². The zero-order chi connectivity index (χ0) is 17.4. The maximum absolute atomic E-state index is 11.8. The molecule has 25 heavy (non-hydrogen) atoms. The molecule has 1 saturated carbocycles. The summed E-state index contributed by atoms with van der Waals surface area (Å²) < 4.78 is 6.54. The number of piperidine rings is 1. The van der Waals surface area contributed by atoms with E-state index in [2.05, 4.69) is 17.0 Å². The fourth-order valence-corrected chi connectivity index (χ4v) is 4.66. The van der Waals surface area contributed by atoms with Gasteiger partial charge in [0.15, 0.2) is 0 Å². The minimum Gasteiger partial charge on any atom is -0.487 e. The number of ether oxygens (including phenoxy) is 1. The largest absolute Gasteiger partial charge is 0.487 e. The van der Waals surface area contributed by atoms with E-state index in [9.17, 15) is 4.79 Å². The number of benzene rings is 1. The first-order valence-corrected chi connectivity index (χ1v) is 9.94. The van der Waals surface area contributed by atoms with Crippen molar-refractivity contribution in [2.45, 2.75) is 70.4 Å². The maximum Gasteiger partial charge on any atom is 0.223 e. The van der Waals surface area contributed by atoms with Gasteiger partial charge >= 0.3 is 0 Å². The number of anilines is 1. The van der Waals surface area contributed by atoms with Gasteiger partial charge < -0.3 is 14.5 Å². The quantitative estimate of drug-likeness (QED) is 0.838. The molecule has 0 bridgehead atoms. The number of carbonyl (C=O) groups is 1. The monoisotopic (exact) mass is 342 g/mol. The predicted molar refractivity (Wildman–Crippen MR) is 100 cm³/mol. The van der Waals surface area contributed by atoms with E-state index in [-0.39, 0.29) is 11.5 Å². The normalized spacial score (nSPS) is 22.8. The van der Waals surface area contributed by atoms with Crippen LogP contribution in [-0.2, 0) is 11.2 Å². The first-order valence-electron chi connectivity index (χ1n) is 9.94. The van der Waals surface area contributed by atoms with Crippen molar-refractivity contribution in [2.24, 2.45) is 0 Å². The van der Waals surface area contributed by atoms with Gasteiger partial charge in [0.1, 0.15) is 11.4 Å². The Morgan fingerprint density at radius 1 is 1.28 bits per heavy atom. The summed E-state index contributed by atoms with van der Waals surface area (Å²) in [5, 5.41) is 0. The van der Waals surface area contributed by atoms with Gasteiger partial charge in [0, 0.05) is 38.3 Å². The van der Waals surface area contributed by atoms with Crippen LogP contribution < -0.4 is 9.64 Å². The molecule has 1 spiro atoms. The maximum atomic E-state index is 11.8. The van der Waals surface area contributed by atoms with E-state index < -0.39 is 0 Å². The van der Waals surface area contributed by atoms with Crippen molar-refractivity contribution in [3.63, 3.8) is 0 Å². The summed E-state index contributed by atoms with van der Waals surface area (Å²) in [5.74, 6) is 1.13. The van der Waals surface area contributed by atoms with Crippen LogP contribution in [0.25, 0.3) is 0 Å². The average molecular weight is 342 g/mol. The van der Waals surface area contributed by atoms with Crippen molar-refractivity contribution in [3.8, 4) is 5.75 Å².